The molecule has 0 aromatic heterocycles. The largest absolute Gasteiger partial charge is 1.00 e. The second kappa shape index (κ2) is 30.1. The van der Waals surface area contributed by atoms with Crippen molar-refractivity contribution in [3.8, 4) is 23.0 Å². The molecule has 8 bridgehead atoms. The number of carbonyl (C=O) groups excluding carboxylic acids is 4. The zero-order valence-corrected chi connectivity index (χ0v) is 70.2. The Bertz CT molecular complexity index is 3850. The van der Waals surface area contributed by atoms with E-state index in [4.69, 9.17) is 11.5 Å². The first-order chi connectivity index (χ1) is 47.6. The standard InChI is InChI=1S/C22H28N2O4.C21H26N2O4.C19H27NO.C18H25NO.2CH3I.2HI/c1-24(12-13-2-3-13)9-8-21-11-15(25)6-7-22(21,28)17(24)10-14-4-5-16(20(23)27)19(26)18(14)21;22-19(26)15-4-3-13-9-16-21(27)6-5-14(24)10-20(21,17(13)18(15)25)7-8-23(16)11-12-1-2-12;1-13-18-10-15-6-7-16(21)11-17(15)19(13,2)8-9-20(18,3)12-14-4-5-14;1-12-17-9-14-5-6-15(20)10-16(14)18(12,2)7-8-19(17)11-13-3-4-13;2*1-2;;/h4-5,13,17,28H,2-3,6-12H2,1H3,(H2-,23,26,27);3-4,12,16,25,27H,1-2,5-11H2,(H2,22,26);6-7,11,13-14,18H,4-5,8-10,12H2,1-3H3;5-6,10,12-13,17,20H,3-4,7-9,11H2,1-2H3;2*1H3;2*1H/t17-,21-,22-,24?;16-,20-,21-;13?,18?,19-,20?;12?,17?,18-;;;;/m1100..../s1. The molecule has 16 nitrogen and oxygen atoms in total. The number of quaternary nitrogens is 2. The first-order valence-electron chi connectivity index (χ1n) is 37.9. The number of alkyl halides is 2. The van der Waals surface area contributed by atoms with Crippen LogP contribution in [-0.4, -0.2) is 184 Å². The highest BCUT2D eigenvalue weighted by molar-refractivity contribution is 14.1. The molecule has 102 heavy (non-hydrogen) atoms. The van der Waals surface area contributed by atoms with Crippen molar-refractivity contribution in [2.45, 2.75) is 226 Å². The molecule has 10 fully saturated rings. The van der Waals surface area contributed by atoms with E-state index < -0.39 is 33.8 Å². The lowest BCUT2D eigenvalue weighted by molar-refractivity contribution is -0.950. The molecule has 18 rings (SSSR count). The number of nitrogens with two attached hydrogens (primary N) is 2. The summed E-state index contributed by atoms with van der Waals surface area (Å²) in [5, 5.41) is 65.8. The highest BCUT2D eigenvalue weighted by atomic mass is 127. The molecule has 4 heterocycles. The van der Waals surface area contributed by atoms with Gasteiger partial charge in [0.15, 0.2) is 0 Å². The van der Waals surface area contributed by atoms with Crippen LogP contribution in [0.3, 0.4) is 0 Å². The number of halogens is 4. The molecule has 2 amide bonds. The lowest BCUT2D eigenvalue weighted by Crippen LogP contribution is -3.00. The summed E-state index contributed by atoms with van der Waals surface area (Å²) >= 11 is 4.30. The van der Waals surface area contributed by atoms with E-state index in [9.17, 15) is 49.8 Å². The molecule has 6 saturated carbocycles. The van der Waals surface area contributed by atoms with Gasteiger partial charge in [-0.1, -0.05) is 97.1 Å². The van der Waals surface area contributed by atoms with Gasteiger partial charge in [0.1, 0.15) is 46.2 Å². The number of fused-ring (bicyclic) bond motifs is 10. The van der Waals surface area contributed by atoms with Crippen molar-refractivity contribution in [1.82, 2.24) is 9.80 Å². The van der Waals surface area contributed by atoms with Gasteiger partial charge in [-0.3, -0.25) is 29.0 Å². The molecule has 4 aromatic carbocycles. The summed E-state index contributed by atoms with van der Waals surface area (Å²) in [5.74, 6) is 4.27. The topological polar surface area (TPSA) is 248 Å². The quantitative estimate of drug-likeness (QED) is 0.0553. The third kappa shape index (κ3) is 14.0. The molecule has 10 aliphatic carbocycles. The van der Waals surface area contributed by atoms with Crippen LogP contribution in [0.25, 0.3) is 0 Å². The Balaban J connectivity index is 0.000000135. The predicted molar refractivity (Wildman–Crippen MR) is 408 cm³/mol. The number of benzene rings is 4. The molecule has 10 N–H and O–H groups in total. The molecule has 14 aliphatic rings. The van der Waals surface area contributed by atoms with Crippen molar-refractivity contribution >= 4 is 68.6 Å². The third-order valence-corrected chi connectivity index (χ3v) is 29.1. The number of hydrogen-bond donors (Lipinski definition) is 8. The average molecular weight is 1850 g/mol. The van der Waals surface area contributed by atoms with Gasteiger partial charge in [-0.25, -0.2) is 0 Å². The number of aromatic hydroxyl groups is 4. The lowest BCUT2D eigenvalue weighted by Gasteiger charge is -2.65. The maximum absolute atomic E-state index is 12.6. The van der Waals surface area contributed by atoms with E-state index in [1.807, 2.05) is 46.3 Å². The number of Topliss-reactive ketones (excluding diaryl/α,β-unsaturated/α-hetero) is 2. The van der Waals surface area contributed by atoms with Gasteiger partial charge in [0.2, 0.25) is 0 Å². The van der Waals surface area contributed by atoms with Gasteiger partial charge in [-0.05, 0) is 206 Å². The summed E-state index contributed by atoms with van der Waals surface area (Å²) < 4.78 is 2.11. The number of phenolic OH excluding ortho intramolecular Hbond substituents is 2. The Kier molecular flexibility index (Phi) is 23.7. The minimum Gasteiger partial charge on any atom is -1.00 e. The Morgan fingerprint density at radius 2 is 0.971 bits per heavy atom. The maximum Gasteiger partial charge on any atom is 0.252 e. The maximum atomic E-state index is 12.6. The van der Waals surface area contributed by atoms with Crippen molar-refractivity contribution < 1.29 is 107 Å². The summed E-state index contributed by atoms with van der Waals surface area (Å²) in [6.07, 6.45) is 20.2. The van der Waals surface area contributed by atoms with Crippen molar-refractivity contribution in [2.75, 3.05) is 76.3 Å². The van der Waals surface area contributed by atoms with Crippen LogP contribution in [0.5, 0.6) is 23.0 Å². The van der Waals surface area contributed by atoms with E-state index in [0.29, 0.717) is 91.9 Å². The fourth-order valence-electron chi connectivity index (χ4n) is 22.6. The van der Waals surface area contributed by atoms with Crippen LogP contribution >= 0.6 is 45.2 Å². The highest BCUT2D eigenvalue weighted by Gasteiger charge is 2.71. The van der Waals surface area contributed by atoms with Crippen molar-refractivity contribution in [1.29, 1.82) is 0 Å². The number of aliphatic hydroxyl groups is 2. The fourth-order valence-corrected chi connectivity index (χ4v) is 22.6. The molecule has 4 aromatic rings. The molecule has 4 aliphatic heterocycles. The van der Waals surface area contributed by atoms with Crippen LogP contribution in [0.4, 0.5) is 0 Å². The number of hydrogen-bond acceptors (Lipinski definition) is 12. The summed E-state index contributed by atoms with van der Waals surface area (Å²) in [7, 11) is 4.76. The number of ketones is 2. The van der Waals surface area contributed by atoms with E-state index >= 15 is 0 Å². The molecule has 4 saturated heterocycles. The first kappa shape index (κ1) is 80.1. The molecular weight excluding hydrogens is 1740 g/mol. The van der Waals surface area contributed by atoms with Gasteiger partial charge in [0.25, 0.3) is 11.8 Å². The van der Waals surface area contributed by atoms with Gasteiger partial charge >= 0.3 is 0 Å². The van der Waals surface area contributed by atoms with Gasteiger partial charge in [-0.15, -0.1) is 0 Å². The zero-order chi connectivity index (χ0) is 71.6. The van der Waals surface area contributed by atoms with E-state index in [1.165, 1.54) is 130 Å². The lowest BCUT2D eigenvalue weighted by atomic mass is 9.48. The van der Waals surface area contributed by atoms with Gasteiger partial charge in [0.05, 0.1) is 63.0 Å². The molecule has 560 valence electrons. The van der Waals surface area contributed by atoms with E-state index in [2.05, 4.69) is 109 Å². The second-order valence-corrected chi connectivity index (χ2v) is 34.8. The van der Waals surface area contributed by atoms with Gasteiger partial charge < -0.3 is 99.0 Å². The summed E-state index contributed by atoms with van der Waals surface area (Å²) in [4.78, 5) is 57.8. The Labute approximate surface area is 667 Å². The van der Waals surface area contributed by atoms with Crippen LogP contribution < -0.4 is 59.4 Å². The fraction of sp³-hybridized carbons (Fsp3) is 0.659. The highest BCUT2D eigenvalue weighted by Crippen LogP contribution is 2.63. The minimum atomic E-state index is -1.06. The molecule has 14 atom stereocenters. The molecule has 0 radical (unpaired) electrons. The number of likely N-dealkylation sites (tertiary alicyclic amines) is 4. The molecular formula is C82H114I4N6O10. The Morgan fingerprint density at radius 3 is 1.49 bits per heavy atom. The number of phenols is 4. The van der Waals surface area contributed by atoms with Gasteiger partial charge in [-0.2, -0.15) is 0 Å². The minimum absolute atomic E-state index is 0. The number of amides is 2. The number of likely N-dealkylation sites (N-methyl/N-ethyl adjacent to an activating group) is 2. The van der Waals surface area contributed by atoms with Crippen molar-refractivity contribution in [3.63, 3.8) is 0 Å². The molecule has 6 unspecified atom stereocenters. The van der Waals surface area contributed by atoms with Crippen LogP contribution in [0.1, 0.15) is 208 Å². The summed E-state index contributed by atoms with van der Waals surface area (Å²) in [6, 6.07) is 20.4. The van der Waals surface area contributed by atoms with Crippen LogP contribution in [0.2, 0.25) is 0 Å². The predicted octanol–water partition coefficient (Wildman–Crippen LogP) is 5.56. The summed E-state index contributed by atoms with van der Waals surface area (Å²) in [5.41, 5.74) is 16.7. The normalized spacial score (nSPS) is 36.0. The number of rotatable bonds is 10. The Morgan fingerprint density at radius 1 is 0.529 bits per heavy atom. The summed E-state index contributed by atoms with van der Waals surface area (Å²) in [6.45, 7) is 18.7. The van der Waals surface area contributed by atoms with Crippen molar-refractivity contribution in [2.24, 2.45) is 47.0 Å². The van der Waals surface area contributed by atoms with Gasteiger partial charge in [0, 0.05) is 122 Å². The molecule has 0 spiro atoms. The zero-order valence-electron chi connectivity index (χ0n) is 61.5. The number of carbonyl (C=O) groups is 4. The van der Waals surface area contributed by atoms with E-state index in [0.717, 1.165) is 71.5 Å². The van der Waals surface area contributed by atoms with Crippen LogP contribution in [0.15, 0.2) is 60.7 Å². The number of nitrogens with zero attached hydrogens (tertiary/aromatic N) is 4. The van der Waals surface area contributed by atoms with E-state index in [1.54, 1.807) is 12.1 Å². The van der Waals surface area contributed by atoms with Crippen LogP contribution in [-0.2, 0) is 56.9 Å². The van der Waals surface area contributed by atoms with Crippen molar-refractivity contribution in [3.05, 3.63) is 116 Å². The first-order valence-corrected chi connectivity index (χ1v) is 42.2. The third-order valence-electron chi connectivity index (χ3n) is 29.1. The van der Waals surface area contributed by atoms with Crippen LogP contribution in [0, 0.1) is 35.5 Å². The smallest absolute Gasteiger partial charge is 0.252 e. The average Bonchev–Trinajstić information content (AvgIpc) is 1.46. The Hall–Kier alpha value is -2.96. The number of piperidine rings is 4. The monoisotopic (exact) mass is 1850 g/mol. The second-order valence-electron chi connectivity index (χ2n) is 34.8. The number of primary amides is 2. The molecule has 20 heteroatoms. The SMILES string of the molecule is CC1C2Cc3ccc(O)cc3[C@@]1(C)CCN2CC1CC1.CC1C2Cc3ccc(O)cc3[C@@]1(C)CC[N+]2(C)CC1CC1.CI.CI.C[N+]1(CC2CC2)CC[C@]23CC(=O)CC[C@@]2(O)[C@H]1Cc1ccc(C(N)=O)c(O)c13.NC(=O)c1ccc2c(c1O)[C@]13CCN(CC4CC4)[C@H](C2)[C@]1(O)CCC(=O)C3.[I-].[I-]. The van der Waals surface area contributed by atoms with E-state index in [-0.39, 0.29) is 118 Å².